The number of rotatable bonds is 3. The van der Waals surface area contributed by atoms with Gasteiger partial charge in [0.2, 0.25) is 0 Å². The molecule has 21 heavy (non-hydrogen) atoms. The van der Waals surface area contributed by atoms with Gasteiger partial charge in [0.05, 0.1) is 12.2 Å². The Kier molecular flexibility index (Phi) is 3.01. The Bertz CT molecular complexity index is 673. The zero-order chi connectivity index (χ0) is 14.4. The summed E-state index contributed by atoms with van der Waals surface area (Å²) in [5, 5.41) is 0. The maximum absolute atomic E-state index is 14.0. The third-order valence-corrected chi connectivity index (χ3v) is 5.09. The molecule has 0 spiro atoms. The normalized spacial score (nSPS) is 27.6. The lowest BCUT2D eigenvalue weighted by molar-refractivity contribution is 0.439. The Labute approximate surface area is 123 Å². The summed E-state index contributed by atoms with van der Waals surface area (Å²) in [4.78, 5) is 3.82. The molecule has 1 fully saturated rings. The van der Waals surface area contributed by atoms with Crippen LogP contribution in [0.3, 0.4) is 0 Å². The van der Waals surface area contributed by atoms with Gasteiger partial charge in [-0.25, -0.2) is 4.39 Å². The quantitative estimate of drug-likeness (QED) is 0.672. The van der Waals surface area contributed by atoms with E-state index in [4.69, 9.17) is 5.84 Å². The molecule has 0 saturated heterocycles. The number of hydrogen-bond acceptors (Lipinski definition) is 3. The van der Waals surface area contributed by atoms with Gasteiger partial charge in [-0.1, -0.05) is 24.3 Å². The highest BCUT2D eigenvalue weighted by atomic mass is 19.1. The maximum atomic E-state index is 14.0. The fourth-order valence-corrected chi connectivity index (χ4v) is 4.12. The number of hydrazine groups is 1. The van der Waals surface area contributed by atoms with E-state index in [9.17, 15) is 4.39 Å². The molecule has 0 amide bonds. The number of benzene rings is 1. The average molecular weight is 283 g/mol. The van der Waals surface area contributed by atoms with E-state index in [-0.39, 0.29) is 11.9 Å². The molecule has 1 aromatic heterocycles. The zero-order valence-electron chi connectivity index (χ0n) is 11.7. The summed E-state index contributed by atoms with van der Waals surface area (Å²) in [6.45, 7) is 0. The van der Waals surface area contributed by atoms with E-state index >= 15 is 0 Å². The highest BCUT2D eigenvalue weighted by Crippen LogP contribution is 2.64. The highest BCUT2D eigenvalue weighted by molar-refractivity contribution is 5.41. The molecule has 108 valence electrons. The second kappa shape index (κ2) is 4.90. The third kappa shape index (κ3) is 1.98. The van der Waals surface area contributed by atoms with Crippen molar-refractivity contribution in [2.45, 2.75) is 24.8 Å². The van der Waals surface area contributed by atoms with Gasteiger partial charge in [0.25, 0.3) is 0 Å². The lowest BCUT2D eigenvalue weighted by Crippen LogP contribution is -2.31. The summed E-state index contributed by atoms with van der Waals surface area (Å²) in [6, 6.07) is 10.2. The van der Waals surface area contributed by atoms with Gasteiger partial charge < -0.3 is 0 Å². The number of nitrogens with zero attached hydrogens (tertiary/aromatic N) is 1. The minimum absolute atomic E-state index is 0.144. The molecule has 2 aromatic rings. The lowest BCUT2D eigenvalue weighted by Gasteiger charge is -2.17. The van der Waals surface area contributed by atoms with Crippen LogP contribution in [0, 0.1) is 17.7 Å². The molecule has 1 saturated carbocycles. The van der Waals surface area contributed by atoms with Gasteiger partial charge in [-0.3, -0.25) is 16.3 Å². The maximum Gasteiger partial charge on any atom is 0.146 e. The number of aromatic nitrogens is 1. The van der Waals surface area contributed by atoms with E-state index in [1.807, 2.05) is 0 Å². The first-order valence-corrected chi connectivity index (χ1v) is 7.44. The van der Waals surface area contributed by atoms with Crippen LogP contribution in [0.5, 0.6) is 0 Å². The minimum Gasteiger partial charge on any atom is -0.271 e. The van der Waals surface area contributed by atoms with Crippen LogP contribution in [0.2, 0.25) is 0 Å². The molecule has 1 heterocycles. The SMILES string of the molecule is NNC(c1ccncc1F)C1C2CCc3ccccc3C21. The second-order valence-corrected chi connectivity index (χ2v) is 6.05. The summed E-state index contributed by atoms with van der Waals surface area (Å²) in [5.74, 6) is 6.95. The molecule has 1 aromatic carbocycles. The predicted molar refractivity (Wildman–Crippen MR) is 78.7 cm³/mol. The van der Waals surface area contributed by atoms with Crippen molar-refractivity contribution < 1.29 is 4.39 Å². The zero-order valence-corrected chi connectivity index (χ0v) is 11.7. The number of nitrogens with one attached hydrogen (secondary N) is 1. The third-order valence-electron chi connectivity index (χ3n) is 5.09. The molecule has 0 aliphatic heterocycles. The molecule has 4 rings (SSSR count). The van der Waals surface area contributed by atoms with Crippen molar-refractivity contribution in [2.24, 2.45) is 17.7 Å². The molecule has 3 nitrogen and oxygen atoms in total. The molecule has 0 bridgehead atoms. The van der Waals surface area contributed by atoms with E-state index in [0.29, 0.717) is 23.3 Å². The summed E-state index contributed by atoms with van der Waals surface area (Å²) in [6.07, 6.45) is 5.17. The monoisotopic (exact) mass is 283 g/mol. The van der Waals surface area contributed by atoms with Gasteiger partial charge in [0.15, 0.2) is 0 Å². The van der Waals surface area contributed by atoms with Crippen LogP contribution in [0.4, 0.5) is 4.39 Å². The molecule has 0 radical (unpaired) electrons. The molecule has 4 atom stereocenters. The van der Waals surface area contributed by atoms with E-state index in [1.165, 1.54) is 17.3 Å². The van der Waals surface area contributed by atoms with Crippen molar-refractivity contribution in [3.63, 3.8) is 0 Å². The Morgan fingerprint density at radius 3 is 2.95 bits per heavy atom. The van der Waals surface area contributed by atoms with E-state index in [2.05, 4.69) is 34.7 Å². The average Bonchev–Trinajstić information content (AvgIpc) is 3.25. The number of aryl methyl sites for hydroxylation is 1. The van der Waals surface area contributed by atoms with Crippen LogP contribution in [-0.4, -0.2) is 4.98 Å². The molecular weight excluding hydrogens is 265 g/mol. The van der Waals surface area contributed by atoms with Gasteiger partial charge >= 0.3 is 0 Å². The van der Waals surface area contributed by atoms with Crippen molar-refractivity contribution >= 4 is 0 Å². The molecule has 3 N–H and O–H groups in total. The van der Waals surface area contributed by atoms with Crippen LogP contribution in [0.1, 0.15) is 35.1 Å². The van der Waals surface area contributed by atoms with Crippen LogP contribution in [-0.2, 0) is 6.42 Å². The Morgan fingerprint density at radius 2 is 2.14 bits per heavy atom. The Balaban J connectivity index is 1.68. The Hall–Kier alpha value is -1.78. The van der Waals surface area contributed by atoms with Gasteiger partial charge in [-0.15, -0.1) is 0 Å². The van der Waals surface area contributed by atoms with Gasteiger partial charge in [-0.05, 0) is 47.8 Å². The summed E-state index contributed by atoms with van der Waals surface area (Å²) >= 11 is 0. The highest BCUT2D eigenvalue weighted by Gasteiger charge is 2.56. The number of pyridine rings is 1. The number of nitrogens with two attached hydrogens (primary N) is 1. The molecular formula is C17H18FN3. The first-order chi connectivity index (χ1) is 10.3. The van der Waals surface area contributed by atoms with Crippen molar-refractivity contribution in [3.8, 4) is 0 Å². The van der Waals surface area contributed by atoms with Gasteiger partial charge in [0, 0.05) is 11.8 Å². The van der Waals surface area contributed by atoms with Crippen LogP contribution >= 0.6 is 0 Å². The molecule has 2 aliphatic carbocycles. The molecule has 4 unspecified atom stereocenters. The molecule has 4 heteroatoms. The van der Waals surface area contributed by atoms with Crippen molar-refractivity contribution in [2.75, 3.05) is 0 Å². The second-order valence-electron chi connectivity index (χ2n) is 6.05. The topological polar surface area (TPSA) is 50.9 Å². The van der Waals surface area contributed by atoms with Crippen molar-refractivity contribution in [3.05, 3.63) is 65.2 Å². The van der Waals surface area contributed by atoms with Gasteiger partial charge in [-0.2, -0.15) is 0 Å². The number of halogens is 1. The fraction of sp³-hybridized carbons (Fsp3) is 0.353. The number of hydrogen-bond donors (Lipinski definition) is 2. The fourth-order valence-electron chi connectivity index (χ4n) is 4.12. The van der Waals surface area contributed by atoms with Crippen molar-refractivity contribution in [1.29, 1.82) is 0 Å². The summed E-state index contributed by atoms with van der Waals surface area (Å²) < 4.78 is 14.0. The van der Waals surface area contributed by atoms with E-state index in [1.54, 1.807) is 12.3 Å². The first-order valence-electron chi connectivity index (χ1n) is 7.44. The van der Waals surface area contributed by atoms with Gasteiger partial charge in [0.1, 0.15) is 5.82 Å². The minimum atomic E-state index is -0.280. The van der Waals surface area contributed by atoms with Crippen molar-refractivity contribution in [1.82, 2.24) is 10.4 Å². The van der Waals surface area contributed by atoms with E-state index in [0.717, 1.165) is 12.8 Å². The van der Waals surface area contributed by atoms with Crippen LogP contribution < -0.4 is 11.3 Å². The van der Waals surface area contributed by atoms with Crippen LogP contribution in [0.25, 0.3) is 0 Å². The lowest BCUT2D eigenvalue weighted by atomic mass is 9.92. The standard InChI is InChI=1S/C17H18FN3/c18-14-9-20-8-7-12(14)17(21-19)16-13-6-5-10-3-1-2-4-11(10)15(13)16/h1-4,7-9,13,15-17,21H,5-6,19H2. The summed E-state index contributed by atoms with van der Waals surface area (Å²) in [7, 11) is 0. The summed E-state index contributed by atoms with van der Waals surface area (Å²) in [5.41, 5.74) is 6.33. The number of fused-ring (bicyclic) bond motifs is 3. The van der Waals surface area contributed by atoms with Crippen LogP contribution in [0.15, 0.2) is 42.7 Å². The first kappa shape index (κ1) is 12.9. The Morgan fingerprint density at radius 1 is 1.29 bits per heavy atom. The van der Waals surface area contributed by atoms with E-state index < -0.39 is 0 Å². The largest absolute Gasteiger partial charge is 0.271 e. The molecule has 2 aliphatic rings. The smallest absolute Gasteiger partial charge is 0.146 e. The predicted octanol–water partition coefficient (Wildman–Crippen LogP) is 2.70.